The molecule has 0 unspecified atom stereocenters. The Kier molecular flexibility index (Phi) is 4.79. The van der Waals surface area contributed by atoms with Gasteiger partial charge in [0.25, 0.3) is 5.91 Å². The minimum atomic E-state index is -0.168. The molecule has 0 spiro atoms. The summed E-state index contributed by atoms with van der Waals surface area (Å²) in [4.78, 5) is 21.1. The average molecular weight is 337 g/mol. The van der Waals surface area contributed by atoms with Gasteiger partial charge in [-0.3, -0.25) is 9.78 Å². The summed E-state index contributed by atoms with van der Waals surface area (Å²) < 4.78 is 10.2. The molecule has 3 rings (SSSR count). The van der Waals surface area contributed by atoms with Crippen molar-refractivity contribution in [2.45, 2.75) is 13.5 Å². The Hall–Kier alpha value is -3.15. The number of benzene rings is 1. The Labute approximate surface area is 145 Å². The number of rotatable bonds is 5. The van der Waals surface area contributed by atoms with Crippen molar-refractivity contribution in [1.82, 2.24) is 15.3 Å². The molecule has 0 aliphatic carbocycles. The fraction of sp³-hybridized carbons (Fsp3) is 0.211. The van der Waals surface area contributed by atoms with Crippen LogP contribution in [0.1, 0.15) is 21.6 Å². The van der Waals surface area contributed by atoms with E-state index in [1.54, 1.807) is 26.5 Å². The number of fused-ring (bicyclic) bond motifs is 1. The van der Waals surface area contributed by atoms with Crippen molar-refractivity contribution in [2.24, 2.45) is 0 Å². The molecule has 0 saturated heterocycles. The van der Waals surface area contributed by atoms with Crippen molar-refractivity contribution >= 4 is 16.8 Å². The molecule has 1 aromatic carbocycles. The van der Waals surface area contributed by atoms with Gasteiger partial charge >= 0.3 is 0 Å². The number of carbonyl (C=O) groups is 1. The van der Waals surface area contributed by atoms with E-state index in [1.807, 2.05) is 37.3 Å². The Morgan fingerprint density at radius 3 is 2.64 bits per heavy atom. The number of aromatic nitrogens is 2. The Morgan fingerprint density at radius 2 is 1.96 bits per heavy atom. The van der Waals surface area contributed by atoms with Crippen LogP contribution in [0.2, 0.25) is 0 Å². The quantitative estimate of drug-likeness (QED) is 0.775. The van der Waals surface area contributed by atoms with Crippen molar-refractivity contribution in [2.75, 3.05) is 14.2 Å². The molecular weight excluding hydrogens is 318 g/mol. The highest BCUT2D eigenvalue weighted by atomic mass is 16.5. The Balaban J connectivity index is 1.77. The minimum absolute atomic E-state index is 0.168. The lowest BCUT2D eigenvalue weighted by Gasteiger charge is -2.10. The van der Waals surface area contributed by atoms with Crippen molar-refractivity contribution in [3.63, 3.8) is 0 Å². The highest BCUT2D eigenvalue weighted by Gasteiger charge is 2.12. The van der Waals surface area contributed by atoms with Crippen LogP contribution in [0.25, 0.3) is 10.9 Å². The van der Waals surface area contributed by atoms with E-state index in [2.05, 4.69) is 15.3 Å². The van der Waals surface area contributed by atoms with E-state index in [1.165, 1.54) is 0 Å². The first kappa shape index (κ1) is 16.7. The second-order valence-electron chi connectivity index (χ2n) is 5.57. The van der Waals surface area contributed by atoms with E-state index < -0.39 is 0 Å². The van der Waals surface area contributed by atoms with Gasteiger partial charge in [0.1, 0.15) is 5.75 Å². The number of ether oxygens (including phenoxy) is 2. The first-order chi connectivity index (χ1) is 12.1. The predicted octanol–water partition coefficient (Wildman–Crippen LogP) is 2.89. The van der Waals surface area contributed by atoms with Gasteiger partial charge in [-0.05, 0) is 30.7 Å². The van der Waals surface area contributed by atoms with Crippen LogP contribution in [0.4, 0.5) is 0 Å². The molecule has 2 heterocycles. The molecule has 6 nitrogen and oxygen atoms in total. The molecule has 128 valence electrons. The second kappa shape index (κ2) is 7.17. The fourth-order valence-corrected chi connectivity index (χ4v) is 2.51. The third-order valence-electron chi connectivity index (χ3n) is 3.92. The van der Waals surface area contributed by atoms with E-state index >= 15 is 0 Å². The second-order valence-corrected chi connectivity index (χ2v) is 5.57. The van der Waals surface area contributed by atoms with Gasteiger partial charge in [0.15, 0.2) is 0 Å². The number of aryl methyl sites for hydroxylation is 1. The molecular formula is C19H19N3O3. The molecule has 0 fully saturated rings. The summed E-state index contributed by atoms with van der Waals surface area (Å²) in [6, 6.07) is 11.1. The molecule has 2 aromatic heterocycles. The van der Waals surface area contributed by atoms with Crippen LogP contribution in [-0.4, -0.2) is 30.1 Å². The summed E-state index contributed by atoms with van der Waals surface area (Å²) >= 11 is 0. The average Bonchev–Trinajstić information content (AvgIpc) is 2.65. The fourth-order valence-electron chi connectivity index (χ4n) is 2.51. The van der Waals surface area contributed by atoms with Crippen LogP contribution >= 0.6 is 0 Å². The highest BCUT2D eigenvalue weighted by Crippen LogP contribution is 2.21. The molecule has 0 saturated carbocycles. The number of pyridine rings is 2. The van der Waals surface area contributed by atoms with Gasteiger partial charge in [0, 0.05) is 30.3 Å². The van der Waals surface area contributed by atoms with Gasteiger partial charge in [0.05, 0.1) is 31.0 Å². The maximum atomic E-state index is 12.5. The molecule has 1 N–H and O–H groups in total. The summed E-state index contributed by atoms with van der Waals surface area (Å²) in [6.07, 6.45) is 1.68. The molecule has 1 amide bonds. The van der Waals surface area contributed by atoms with Gasteiger partial charge in [-0.25, -0.2) is 4.98 Å². The van der Waals surface area contributed by atoms with Crippen LogP contribution in [0.5, 0.6) is 11.6 Å². The van der Waals surface area contributed by atoms with Gasteiger partial charge < -0.3 is 14.8 Å². The lowest BCUT2D eigenvalue weighted by Crippen LogP contribution is -2.24. The van der Waals surface area contributed by atoms with E-state index in [0.29, 0.717) is 23.7 Å². The topological polar surface area (TPSA) is 73.3 Å². The lowest BCUT2D eigenvalue weighted by atomic mass is 10.1. The zero-order chi connectivity index (χ0) is 17.8. The summed E-state index contributed by atoms with van der Waals surface area (Å²) in [7, 11) is 3.18. The summed E-state index contributed by atoms with van der Waals surface area (Å²) in [5.41, 5.74) is 2.92. The maximum absolute atomic E-state index is 12.5. The number of methoxy groups -OCH3 is 2. The van der Waals surface area contributed by atoms with E-state index in [9.17, 15) is 4.79 Å². The Morgan fingerprint density at radius 1 is 1.12 bits per heavy atom. The number of hydrogen-bond donors (Lipinski definition) is 1. The van der Waals surface area contributed by atoms with Crippen molar-refractivity contribution in [3.8, 4) is 11.6 Å². The zero-order valence-electron chi connectivity index (χ0n) is 14.4. The predicted molar refractivity (Wildman–Crippen MR) is 95.0 cm³/mol. The monoisotopic (exact) mass is 337 g/mol. The van der Waals surface area contributed by atoms with Crippen LogP contribution in [0, 0.1) is 6.92 Å². The van der Waals surface area contributed by atoms with Crippen molar-refractivity contribution in [1.29, 1.82) is 0 Å². The van der Waals surface area contributed by atoms with Crippen LogP contribution in [0.3, 0.4) is 0 Å². The molecule has 0 bridgehead atoms. The van der Waals surface area contributed by atoms with Crippen LogP contribution < -0.4 is 14.8 Å². The van der Waals surface area contributed by atoms with Gasteiger partial charge in [-0.15, -0.1) is 0 Å². The molecule has 25 heavy (non-hydrogen) atoms. The van der Waals surface area contributed by atoms with Crippen LogP contribution in [-0.2, 0) is 6.54 Å². The van der Waals surface area contributed by atoms with Crippen molar-refractivity contribution in [3.05, 3.63) is 59.4 Å². The van der Waals surface area contributed by atoms with Crippen molar-refractivity contribution < 1.29 is 14.3 Å². The molecule has 0 aliphatic rings. The number of hydrogen-bond acceptors (Lipinski definition) is 5. The first-order valence-corrected chi connectivity index (χ1v) is 7.83. The smallest absolute Gasteiger partial charge is 0.253 e. The maximum Gasteiger partial charge on any atom is 0.253 e. The van der Waals surface area contributed by atoms with E-state index in [4.69, 9.17) is 9.47 Å². The third kappa shape index (κ3) is 3.68. The molecule has 3 aromatic rings. The normalized spacial score (nSPS) is 10.5. The third-order valence-corrected chi connectivity index (χ3v) is 3.92. The molecule has 6 heteroatoms. The SMILES string of the molecule is COc1ccc2cc(C(=O)NCc3ccc(OC)nc3)c(C)nc2c1. The van der Waals surface area contributed by atoms with Gasteiger partial charge in [-0.2, -0.15) is 0 Å². The first-order valence-electron chi connectivity index (χ1n) is 7.83. The largest absolute Gasteiger partial charge is 0.497 e. The molecule has 0 radical (unpaired) electrons. The molecule has 0 atom stereocenters. The van der Waals surface area contributed by atoms with E-state index in [-0.39, 0.29) is 5.91 Å². The van der Waals surface area contributed by atoms with Gasteiger partial charge in [0.2, 0.25) is 5.88 Å². The number of nitrogens with zero attached hydrogens (tertiary/aromatic N) is 2. The molecule has 0 aliphatic heterocycles. The van der Waals surface area contributed by atoms with E-state index in [0.717, 1.165) is 22.2 Å². The summed E-state index contributed by atoms with van der Waals surface area (Å²) in [5.74, 6) is 1.11. The standard InChI is InChI=1S/C19H19N3O3/c1-12-16(8-14-5-6-15(24-2)9-17(14)22-12)19(23)21-11-13-4-7-18(25-3)20-10-13/h4-10H,11H2,1-3H3,(H,21,23). The Bertz CT molecular complexity index is 908. The van der Waals surface area contributed by atoms with Gasteiger partial charge in [-0.1, -0.05) is 6.07 Å². The number of nitrogens with one attached hydrogen (secondary N) is 1. The number of carbonyl (C=O) groups excluding carboxylic acids is 1. The zero-order valence-corrected chi connectivity index (χ0v) is 14.4. The minimum Gasteiger partial charge on any atom is -0.497 e. The summed E-state index contributed by atoms with van der Waals surface area (Å²) in [5, 5.41) is 3.79. The van der Waals surface area contributed by atoms with Crippen LogP contribution in [0.15, 0.2) is 42.6 Å². The summed E-state index contributed by atoms with van der Waals surface area (Å²) in [6.45, 7) is 2.21. The lowest BCUT2D eigenvalue weighted by molar-refractivity contribution is 0.0950. The number of amides is 1. The highest BCUT2D eigenvalue weighted by molar-refractivity contribution is 5.98.